The van der Waals surface area contributed by atoms with E-state index in [9.17, 15) is 18.0 Å². The number of carbonyl (C=O) groups excluding carboxylic acids is 1. The Morgan fingerprint density at radius 3 is 2.75 bits per heavy atom. The Balaban J connectivity index is 2.26. The van der Waals surface area contributed by atoms with Crippen molar-refractivity contribution in [3.8, 4) is 0 Å². The van der Waals surface area contributed by atoms with Crippen molar-refractivity contribution >= 4 is 38.3 Å². The van der Waals surface area contributed by atoms with Crippen LogP contribution >= 0.6 is 27.3 Å². The summed E-state index contributed by atoms with van der Waals surface area (Å²) in [6, 6.07) is 0. The summed E-state index contributed by atoms with van der Waals surface area (Å²) in [4.78, 5) is 14.9. The Kier molecular flexibility index (Phi) is 4.69. The lowest BCUT2D eigenvalue weighted by Gasteiger charge is -2.07. The zero-order chi connectivity index (χ0) is 12.2. The topological polar surface area (TPSA) is 54.0 Å². The molecule has 1 amide bonds. The molecular weight excluding hydrogens is 311 g/mol. The largest absolute Gasteiger partial charge is 0.401 e. The molecule has 9 heteroatoms. The number of hydrogen-bond acceptors (Lipinski definition) is 4. The Morgan fingerprint density at radius 2 is 2.25 bits per heavy atom. The zero-order valence-electron chi connectivity index (χ0n) is 7.77. The SMILES string of the molecule is O=C(CNCC(F)(F)F)Nc1ncc(Br)s1. The van der Waals surface area contributed by atoms with Crippen molar-refractivity contribution in [2.24, 2.45) is 0 Å². The molecule has 90 valence electrons. The van der Waals surface area contributed by atoms with Gasteiger partial charge in [0.2, 0.25) is 5.91 Å². The Bertz CT molecular complexity index is 368. The lowest BCUT2D eigenvalue weighted by molar-refractivity contribution is -0.126. The van der Waals surface area contributed by atoms with E-state index in [1.807, 2.05) is 5.32 Å². The summed E-state index contributed by atoms with van der Waals surface area (Å²) >= 11 is 4.32. The first kappa shape index (κ1) is 13.4. The standard InChI is InChI=1S/C7H7BrF3N3OS/c8-4-1-13-6(16-4)14-5(15)2-12-3-7(9,10)11/h1,12H,2-3H2,(H,13,14,15). The third kappa shape index (κ3) is 5.42. The highest BCUT2D eigenvalue weighted by atomic mass is 79.9. The maximum atomic E-state index is 11.7. The number of amides is 1. The summed E-state index contributed by atoms with van der Waals surface area (Å²) in [6.07, 6.45) is -2.83. The molecule has 0 aromatic carbocycles. The van der Waals surface area contributed by atoms with Crippen LogP contribution < -0.4 is 10.6 Å². The fraction of sp³-hybridized carbons (Fsp3) is 0.429. The van der Waals surface area contributed by atoms with Crippen LogP contribution in [0, 0.1) is 0 Å². The number of aromatic nitrogens is 1. The van der Waals surface area contributed by atoms with Crippen molar-refractivity contribution in [3.63, 3.8) is 0 Å². The smallest absolute Gasteiger partial charge is 0.301 e. The number of rotatable bonds is 4. The number of nitrogens with one attached hydrogen (secondary N) is 2. The van der Waals surface area contributed by atoms with Gasteiger partial charge < -0.3 is 10.6 Å². The van der Waals surface area contributed by atoms with E-state index < -0.39 is 25.2 Å². The highest BCUT2D eigenvalue weighted by molar-refractivity contribution is 9.11. The molecule has 4 nitrogen and oxygen atoms in total. The molecule has 0 bridgehead atoms. The maximum Gasteiger partial charge on any atom is 0.401 e. The third-order valence-corrected chi connectivity index (χ3v) is 2.73. The van der Waals surface area contributed by atoms with Gasteiger partial charge in [0.15, 0.2) is 5.13 Å². The van der Waals surface area contributed by atoms with E-state index >= 15 is 0 Å². The molecule has 0 radical (unpaired) electrons. The zero-order valence-corrected chi connectivity index (χ0v) is 10.2. The van der Waals surface area contributed by atoms with Crippen LogP contribution in [-0.2, 0) is 4.79 Å². The lowest BCUT2D eigenvalue weighted by atomic mass is 10.5. The number of alkyl halides is 3. The van der Waals surface area contributed by atoms with E-state index in [2.05, 4.69) is 26.2 Å². The first-order valence-corrected chi connectivity index (χ1v) is 5.66. The van der Waals surface area contributed by atoms with E-state index in [-0.39, 0.29) is 0 Å². The Hall–Kier alpha value is -0.670. The lowest BCUT2D eigenvalue weighted by Crippen LogP contribution is -2.35. The van der Waals surface area contributed by atoms with Crippen molar-refractivity contribution in [2.75, 3.05) is 18.4 Å². The van der Waals surface area contributed by atoms with Crippen LogP contribution in [0.15, 0.2) is 9.98 Å². The number of carbonyl (C=O) groups is 1. The average Bonchev–Trinajstić information content (AvgIpc) is 2.48. The van der Waals surface area contributed by atoms with Gasteiger partial charge in [0, 0.05) is 0 Å². The van der Waals surface area contributed by atoms with E-state index in [1.54, 1.807) is 0 Å². The Labute approximate surface area is 101 Å². The molecule has 0 aliphatic heterocycles. The molecule has 1 heterocycles. The van der Waals surface area contributed by atoms with Gasteiger partial charge in [-0.05, 0) is 15.9 Å². The molecule has 0 fully saturated rings. The molecule has 0 aliphatic carbocycles. The second kappa shape index (κ2) is 5.60. The summed E-state index contributed by atoms with van der Waals surface area (Å²) in [5.41, 5.74) is 0. The summed E-state index contributed by atoms with van der Waals surface area (Å²) in [5, 5.41) is 4.68. The van der Waals surface area contributed by atoms with Crippen molar-refractivity contribution in [3.05, 3.63) is 9.98 Å². The maximum absolute atomic E-state index is 11.7. The molecule has 1 rings (SSSR count). The van der Waals surface area contributed by atoms with Gasteiger partial charge in [-0.3, -0.25) is 4.79 Å². The summed E-state index contributed by atoms with van der Waals surface area (Å²) in [6.45, 7) is -1.60. The van der Waals surface area contributed by atoms with Gasteiger partial charge in [-0.2, -0.15) is 13.2 Å². The van der Waals surface area contributed by atoms with E-state index in [4.69, 9.17) is 0 Å². The molecule has 0 spiro atoms. The summed E-state index contributed by atoms with van der Waals surface area (Å²) < 4.78 is 35.9. The normalized spacial score (nSPS) is 11.5. The number of nitrogens with zero attached hydrogens (tertiary/aromatic N) is 1. The van der Waals surface area contributed by atoms with Gasteiger partial charge >= 0.3 is 6.18 Å². The average molecular weight is 318 g/mol. The van der Waals surface area contributed by atoms with Crippen LogP contribution in [-0.4, -0.2) is 30.2 Å². The number of halogens is 4. The molecule has 2 N–H and O–H groups in total. The van der Waals surface area contributed by atoms with Gasteiger partial charge in [0.05, 0.1) is 23.1 Å². The predicted octanol–water partition coefficient (Wildman–Crippen LogP) is 2.00. The van der Waals surface area contributed by atoms with E-state index in [1.165, 1.54) is 17.5 Å². The number of anilines is 1. The summed E-state index contributed by atoms with van der Waals surface area (Å²) in [5.74, 6) is -0.564. The molecule has 0 saturated heterocycles. The van der Waals surface area contributed by atoms with Gasteiger partial charge in [-0.25, -0.2) is 4.98 Å². The van der Waals surface area contributed by atoms with Crippen LogP contribution in [0.3, 0.4) is 0 Å². The molecule has 0 aliphatic rings. The number of thiazole rings is 1. The van der Waals surface area contributed by atoms with E-state index in [0.29, 0.717) is 5.13 Å². The first-order chi connectivity index (χ1) is 7.37. The quantitative estimate of drug-likeness (QED) is 0.893. The minimum atomic E-state index is -4.31. The van der Waals surface area contributed by atoms with Crippen molar-refractivity contribution in [1.82, 2.24) is 10.3 Å². The van der Waals surface area contributed by atoms with Gasteiger partial charge in [-0.15, -0.1) is 0 Å². The van der Waals surface area contributed by atoms with Crippen LogP contribution in [0.1, 0.15) is 0 Å². The summed E-state index contributed by atoms with van der Waals surface area (Å²) in [7, 11) is 0. The molecule has 1 aromatic heterocycles. The highest BCUT2D eigenvalue weighted by Gasteiger charge is 2.26. The monoisotopic (exact) mass is 317 g/mol. The van der Waals surface area contributed by atoms with E-state index in [0.717, 1.165) is 3.79 Å². The first-order valence-electron chi connectivity index (χ1n) is 4.05. The second-order valence-corrected chi connectivity index (χ2v) is 5.15. The highest BCUT2D eigenvalue weighted by Crippen LogP contribution is 2.22. The third-order valence-electron chi connectivity index (χ3n) is 1.33. The Morgan fingerprint density at radius 1 is 1.56 bits per heavy atom. The van der Waals surface area contributed by atoms with Gasteiger partial charge in [0.25, 0.3) is 0 Å². The van der Waals surface area contributed by atoms with Crippen LogP contribution in [0.2, 0.25) is 0 Å². The van der Waals surface area contributed by atoms with Crippen molar-refractivity contribution in [1.29, 1.82) is 0 Å². The minimum absolute atomic E-state index is 0.339. The number of hydrogen-bond donors (Lipinski definition) is 2. The van der Waals surface area contributed by atoms with Gasteiger partial charge in [0.1, 0.15) is 0 Å². The van der Waals surface area contributed by atoms with Crippen LogP contribution in [0.4, 0.5) is 18.3 Å². The molecule has 0 unspecified atom stereocenters. The fourth-order valence-electron chi connectivity index (χ4n) is 0.793. The molecule has 0 atom stereocenters. The molecular formula is C7H7BrF3N3OS. The molecule has 16 heavy (non-hydrogen) atoms. The van der Waals surface area contributed by atoms with Crippen LogP contribution in [0.25, 0.3) is 0 Å². The van der Waals surface area contributed by atoms with Crippen molar-refractivity contribution < 1.29 is 18.0 Å². The molecule has 1 aromatic rings. The second-order valence-electron chi connectivity index (χ2n) is 2.74. The van der Waals surface area contributed by atoms with Crippen LogP contribution in [0.5, 0.6) is 0 Å². The fourth-order valence-corrected chi connectivity index (χ4v) is 1.92. The molecule has 0 saturated carbocycles. The van der Waals surface area contributed by atoms with Gasteiger partial charge in [-0.1, -0.05) is 11.3 Å². The minimum Gasteiger partial charge on any atom is -0.301 e. The predicted molar refractivity (Wildman–Crippen MR) is 57.4 cm³/mol. The van der Waals surface area contributed by atoms with Crippen molar-refractivity contribution in [2.45, 2.75) is 6.18 Å².